The van der Waals surface area contributed by atoms with Gasteiger partial charge in [0.2, 0.25) is 10.0 Å². The van der Waals surface area contributed by atoms with Crippen molar-refractivity contribution in [2.75, 3.05) is 49.9 Å². The molecule has 2 amide bonds. The van der Waals surface area contributed by atoms with E-state index in [0.29, 0.717) is 6.61 Å². The molecule has 0 aliphatic carbocycles. The van der Waals surface area contributed by atoms with Gasteiger partial charge in [0.05, 0.1) is 17.5 Å². The summed E-state index contributed by atoms with van der Waals surface area (Å²) in [5.41, 5.74) is -0.539. The molecule has 0 aromatic heterocycles. The highest BCUT2D eigenvalue weighted by atomic mass is 32.2. The first kappa shape index (κ1) is 26.9. The second-order valence-corrected chi connectivity index (χ2v) is 10.0. The summed E-state index contributed by atoms with van der Waals surface area (Å²) in [4.78, 5) is 28.0. The molecule has 1 aromatic carbocycles. The van der Waals surface area contributed by atoms with Crippen molar-refractivity contribution < 1.29 is 46.8 Å². The van der Waals surface area contributed by atoms with Crippen molar-refractivity contribution in [3.8, 4) is 5.75 Å². The summed E-state index contributed by atoms with van der Waals surface area (Å²) in [6.07, 6.45) is -3.71. The number of sulfonamides is 1. The summed E-state index contributed by atoms with van der Waals surface area (Å²) in [7, 11) is -3.89. The van der Waals surface area contributed by atoms with Crippen LogP contribution in [0.25, 0.3) is 0 Å². The Morgan fingerprint density at radius 1 is 1.20 bits per heavy atom. The fraction of sp³-hybridized carbons (Fsp3) is 0.619. The number of carbonyl (C=O) groups is 2. The van der Waals surface area contributed by atoms with Crippen LogP contribution in [0.5, 0.6) is 5.75 Å². The maximum atomic E-state index is 12.9. The third-order valence-corrected chi connectivity index (χ3v) is 6.91. The van der Waals surface area contributed by atoms with Gasteiger partial charge in [-0.1, -0.05) is 6.92 Å². The number of nitrogens with one attached hydrogen (secondary N) is 1. The average Bonchev–Trinajstić information content (AvgIpc) is 3.31. The molecule has 2 aliphatic rings. The molecule has 2 saturated heterocycles. The Labute approximate surface area is 202 Å². The molecule has 2 aliphatic heterocycles. The lowest BCUT2D eigenvalue weighted by atomic mass is 10.1. The molecular formula is C21H30F3N3O7S. The monoisotopic (exact) mass is 525 g/mol. The predicted octanol–water partition coefficient (Wildman–Crippen LogP) is 3.06. The molecular weight excluding hydrogens is 495 g/mol. The zero-order valence-corrected chi connectivity index (χ0v) is 20.0. The fourth-order valence-corrected chi connectivity index (χ4v) is 4.89. The second-order valence-electron chi connectivity index (χ2n) is 8.17. The Morgan fingerprint density at radius 3 is 2.49 bits per heavy atom. The summed E-state index contributed by atoms with van der Waals surface area (Å²) >= 11 is 0. The Balaban J connectivity index is 0.00000456. The number of nitrogens with zero attached hydrogens (tertiary/aromatic N) is 2. The van der Waals surface area contributed by atoms with Crippen LogP contribution >= 0.6 is 0 Å². The van der Waals surface area contributed by atoms with E-state index in [1.165, 1.54) is 15.9 Å². The number of hydrogen-bond donors (Lipinski definition) is 1. The van der Waals surface area contributed by atoms with Crippen LogP contribution in [0.15, 0.2) is 18.2 Å². The van der Waals surface area contributed by atoms with Gasteiger partial charge in [-0.25, -0.2) is 13.2 Å². The number of piperazine rings is 1. The first-order chi connectivity index (χ1) is 16.5. The summed E-state index contributed by atoms with van der Waals surface area (Å²) in [5, 5.41) is 0. The van der Waals surface area contributed by atoms with E-state index >= 15 is 0 Å². The third kappa shape index (κ3) is 7.88. The lowest BCUT2D eigenvalue weighted by Crippen LogP contribution is -2.51. The lowest BCUT2D eigenvalue weighted by Gasteiger charge is -2.34. The van der Waals surface area contributed by atoms with Gasteiger partial charge in [0.15, 0.2) is 5.75 Å². The fourth-order valence-electron chi connectivity index (χ4n) is 3.74. The van der Waals surface area contributed by atoms with Gasteiger partial charge in [-0.2, -0.15) is 0 Å². The maximum absolute atomic E-state index is 12.9. The average molecular weight is 526 g/mol. The van der Waals surface area contributed by atoms with Crippen LogP contribution in [0.1, 0.15) is 38.0 Å². The van der Waals surface area contributed by atoms with Gasteiger partial charge in [-0.3, -0.25) is 9.52 Å². The molecule has 10 nitrogen and oxygen atoms in total. The van der Waals surface area contributed by atoms with Crippen LogP contribution < -0.4 is 9.46 Å². The van der Waals surface area contributed by atoms with Crippen molar-refractivity contribution in [3.63, 3.8) is 0 Å². The van der Waals surface area contributed by atoms with Crippen LogP contribution in [0.3, 0.4) is 0 Å². The number of benzene rings is 1. The first-order valence-corrected chi connectivity index (χ1v) is 12.9. The van der Waals surface area contributed by atoms with E-state index in [0.717, 1.165) is 25.0 Å². The lowest BCUT2D eigenvalue weighted by molar-refractivity contribution is -0.274. The topological polar surface area (TPSA) is 114 Å². The van der Waals surface area contributed by atoms with E-state index in [-0.39, 0.29) is 58.1 Å². The van der Waals surface area contributed by atoms with Crippen LogP contribution in [0.4, 0.5) is 23.7 Å². The van der Waals surface area contributed by atoms with Gasteiger partial charge in [-0.15, -0.1) is 13.2 Å². The van der Waals surface area contributed by atoms with E-state index < -0.39 is 39.8 Å². The molecule has 0 saturated carbocycles. The van der Waals surface area contributed by atoms with Crippen molar-refractivity contribution in [2.45, 2.75) is 38.7 Å². The summed E-state index contributed by atoms with van der Waals surface area (Å²) in [6.45, 7) is 3.09. The van der Waals surface area contributed by atoms with Crippen molar-refractivity contribution in [1.29, 1.82) is 0 Å². The Hall–Kier alpha value is -2.74. The van der Waals surface area contributed by atoms with Crippen molar-refractivity contribution in [1.82, 2.24) is 9.80 Å². The summed E-state index contributed by atoms with van der Waals surface area (Å²) < 4.78 is 79.5. The highest BCUT2D eigenvalue weighted by Gasteiger charge is 2.34. The smallest absolute Gasteiger partial charge is 0.447 e. The molecule has 198 valence electrons. The number of hydrogen-bond acceptors (Lipinski definition) is 7. The minimum absolute atomic E-state index is 0. The molecule has 1 atom stereocenters. The van der Waals surface area contributed by atoms with E-state index in [1.807, 2.05) is 0 Å². The van der Waals surface area contributed by atoms with Gasteiger partial charge < -0.3 is 24.0 Å². The largest absolute Gasteiger partial charge is 0.573 e. The zero-order chi connectivity index (χ0) is 25.6. The molecule has 1 unspecified atom stereocenters. The number of ether oxygens (including phenoxy) is 3. The molecule has 2 heterocycles. The molecule has 35 heavy (non-hydrogen) atoms. The zero-order valence-electron chi connectivity index (χ0n) is 19.2. The number of amides is 2. The minimum Gasteiger partial charge on any atom is -0.447 e. The van der Waals surface area contributed by atoms with Crippen molar-refractivity contribution >= 4 is 27.7 Å². The van der Waals surface area contributed by atoms with E-state index in [9.17, 15) is 31.2 Å². The summed E-state index contributed by atoms with van der Waals surface area (Å²) in [6, 6.07) is 3.12. The Kier molecular flexibility index (Phi) is 8.70. The van der Waals surface area contributed by atoms with E-state index in [4.69, 9.17) is 9.47 Å². The van der Waals surface area contributed by atoms with Gasteiger partial charge in [-0.05, 0) is 37.5 Å². The molecule has 0 radical (unpaired) electrons. The molecule has 14 heteroatoms. The standard InChI is InChI=1S/C21H28F3N3O7S.H2/c1-2-12-35(30,31)25-17-6-5-15(13-18(17)34-21(22,23)24)19(28)26-7-9-27(10-8-26)20(29)33-14-16-4-3-11-32-16;/h5-6,13,16,25H,2-4,7-12,14H2,1H3;1H. The van der Waals surface area contributed by atoms with Crippen molar-refractivity contribution in [3.05, 3.63) is 23.8 Å². The maximum Gasteiger partial charge on any atom is 0.573 e. The highest BCUT2D eigenvalue weighted by molar-refractivity contribution is 7.92. The SMILES string of the molecule is CCCS(=O)(=O)Nc1ccc(C(=O)N2CCN(C(=O)OCC3CCCO3)CC2)cc1OC(F)(F)F.[HH]. The number of alkyl halides is 3. The molecule has 1 aromatic rings. The van der Waals surface area contributed by atoms with Crippen LogP contribution in [0, 0.1) is 0 Å². The first-order valence-electron chi connectivity index (χ1n) is 11.2. The van der Waals surface area contributed by atoms with Crippen LogP contribution in [-0.2, 0) is 19.5 Å². The molecule has 0 bridgehead atoms. The van der Waals surface area contributed by atoms with Gasteiger partial charge in [0.25, 0.3) is 5.91 Å². The number of halogens is 3. The van der Waals surface area contributed by atoms with E-state index in [2.05, 4.69) is 9.46 Å². The normalized spacial score (nSPS) is 18.9. The number of rotatable bonds is 8. The highest BCUT2D eigenvalue weighted by Crippen LogP contribution is 2.32. The third-order valence-electron chi connectivity index (χ3n) is 5.43. The second kappa shape index (κ2) is 11.3. The predicted molar refractivity (Wildman–Crippen MR) is 121 cm³/mol. The van der Waals surface area contributed by atoms with Gasteiger partial charge >= 0.3 is 12.5 Å². The van der Waals surface area contributed by atoms with Crippen molar-refractivity contribution in [2.24, 2.45) is 0 Å². The van der Waals surface area contributed by atoms with Gasteiger partial charge in [0.1, 0.15) is 6.61 Å². The Bertz CT molecular complexity index is 1010. The molecule has 0 spiro atoms. The number of anilines is 1. The minimum atomic E-state index is -5.10. The van der Waals surface area contributed by atoms with Crippen LogP contribution in [-0.4, -0.2) is 87.8 Å². The molecule has 2 fully saturated rings. The van der Waals surface area contributed by atoms with Gasteiger partial charge in [0, 0.05) is 39.8 Å². The van der Waals surface area contributed by atoms with E-state index in [1.54, 1.807) is 6.92 Å². The summed E-state index contributed by atoms with van der Waals surface area (Å²) in [5.74, 6) is -1.70. The quantitative estimate of drug-likeness (QED) is 0.555. The Morgan fingerprint density at radius 2 is 1.89 bits per heavy atom. The van der Waals surface area contributed by atoms with Crippen LogP contribution in [0.2, 0.25) is 0 Å². The molecule has 1 N–H and O–H groups in total. The molecule has 3 rings (SSSR count). The number of carbonyl (C=O) groups excluding carboxylic acids is 2.